The first kappa shape index (κ1) is 17.7. The zero-order valence-corrected chi connectivity index (χ0v) is 13.7. The van der Waals surface area contributed by atoms with Crippen LogP contribution in [0.3, 0.4) is 0 Å². The van der Waals surface area contributed by atoms with E-state index in [0.717, 1.165) is 11.1 Å². The number of benzene rings is 2. The van der Waals surface area contributed by atoms with Crippen LogP contribution in [0.25, 0.3) is 0 Å². The lowest BCUT2D eigenvalue weighted by atomic mass is 10.0. The summed E-state index contributed by atoms with van der Waals surface area (Å²) < 4.78 is 0. The highest BCUT2D eigenvalue weighted by atomic mass is 16.3. The van der Waals surface area contributed by atoms with E-state index < -0.39 is 6.04 Å². The SMILES string of the molecule is Cc1ccc(C(=O)NC(CC(=O)NCCO)c2ccccc2)cc1. The number of amides is 2. The highest BCUT2D eigenvalue weighted by molar-refractivity contribution is 5.94. The Hall–Kier alpha value is -2.66. The van der Waals surface area contributed by atoms with Crippen LogP contribution in [-0.2, 0) is 4.79 Å². The van der Waals surface area contributed by atoms with E-state index in [0.29, 0.717) is 5.56 Å². The Morgan fingerprint density at radius 2 is 1.71 bits per heavy atom. The summed E-state index contributed by atoms with van der Waals surface area (Å²) >= 11 is 0. The van der Waals surface area contributed by atoms with Crippen molar-refractivity contribution in [2.24, 2.45) is 0 Å². The highest BCUT2D eigenvalue weighted by Crippen LogP contribution is 2.17. The number of hydrogen-bond acceptors (Lipinski definition) is 3. The van der Waals surface area contributed by atoms with Gasteiger partial charge >= 0.3 is 0 Å². The molecule has 0 radical (unpaired) electrons. The summed E-state index contributed by atoms with van der Waals surface area (Å²) in [4.78, 5) is 24.4. The maximum atomic E-state index is 12.5. The summed E-state index contributed by atoms with van der Waals surface area (Å²) in [6.07, 6.45) is 0.113. The first-order chi connectivity index (χ1) is 11.6. The molecule has 0 aromatic heterocycles. The maximum Gasteiger partial charge on any atom is 0.251 e. The number of aliphatic hydroxyl groups excluding tert-OH is 1. The van der Waals surface area contributed by atoms with Crippen LogP contribution in [0.2, 0.25) is 0 Å². The van der Waals surface area contributed by atoms with Crippen LogP contribution >= 0.6 is 0 Å². The first-order valence-corrected chi connectivity index (χ1v) is 7.90. The molecule has 5 heteroatoms. The average molecular weight is 326 g/mol. The van der Waals surface area contributed by atoms with Gasteiger partial charge in [-0.2, -0.15) is 0 Å². The third-order valence-electron chi connectivity index (χ3n) is 3.64. The normalized spacial score (nSPS) is 11.6. The minimum atomic E-state index is -0.432. The van der Waals surface area contributed by atoms with E-state index in [1.54, 1.807) is 12.1 Å². The topological polar surface area (TPSA) is 78.4 Å². The first-order valence-electron chi connectivity index (χ1n) is 7.90. The minimum absolute atomic E-state index is 0.113. The molecule has 2 aromatic carbocycles. The van der Waals surface area contributed by atoms with Crippen molar-refractivity contribution in [3.8, 4) is 0 Å². The second-order valence-electron chi connectivity index (χ2n) is 5.58. The second-order valence-corrected chi connectivity index (χ2v) is 5.58. The van der Waals surface area contributed by atoms with Crippen LogP contribution < -0.4 is 10.6 Å². The van der Waals surface area contributed by atoms with Gasteiger partial charge in [0, 0.05) is 12.1 Å². The molecule has 0 heterocycles. The van der Waals surface area contributed by atoms with Crippen molar-refractivity contribution in [3.63, 3.8) is 0 Å². The maximum absolute atomic E-state index is 12.5. The van der Waals surface area contributed by atoms with Crippen LogP contribution in [0.1, 0.15) is 33.9 Å². The fourth-order valence-corrected chi connectivity index (χ4v) is 2.34. The van der Waals surface area contributed by atoms with Gasteiger partial charge in [-0.15, -0.1) is 0 Å². The number of aliphatic hydroxyl groups is 1. The van der Waals surface area contributed by atoms with Crippen LogP contribution in [0.4, 0.5) is 0 Å². The molecule has 2 amide bonds. The third kappa shape index (κ3) is 5.21. The van der Waals surface area contributed by atoms with Crippen LogP contribution in [0, 0.1) is 6.92 Å². The van der Waals surface area contributed by atoms with E-state index >= 15 is 0 Å². The molecule has 126 valence electrons. The van der Waals surface area contributed by atoms with E-state index in [4.69, 9.17) is 5.11 Å². The standard InChI is InChI=1S/C19H22N2O3/c1-14-7-9-16(10-8-14)19(24)21-17(13-18(23)20-11-12-22)15-5-3-2-4-6-15/h2-10,17,22H,11-13H2,1H3,(H,20,23)(H,21,24). The average Bonchev–Trinajstić information content (AvgIpc) is 2.60. The Morgan fingerprint density at radius 3 is 2.33 bits per heavy atom. The lowest BCUT2D eigenvalue weighted by Gasteiger charge is -2.19. The molecule has 1 unspecified atom stereocenters. The van der Waals surface area contributed by atoms with Gasteiger partial charge in [0.05, 0.1) is 19.1 Å². The van der Waals surface area contributed by atoms with E-state index in [9.17, 15) is 9.59 Å². The number of carbonyl (C=O) groups excluding carboxylic acids is 2. The predicted molar refractivity (Wildman–Crippen MR) is 92.5 cm³/mol. The van der Waals surface area contributed by atoms with E-state index in [1.165, 1.54) is 0 Å². The molecule has 0 aliphatic heterocycles. The van der Waals surface area contributed by atoms with E-state index in [2.05, 4.69) is 10.6 Å². The molecular weight excluding hydrogens is 304 g/mol. The van der Waals surface area contributed by atoms with Crippen molar-refractivity contribution in [2.45, 2.75) is 19.4 Å². The molecule has 5 nitrogen and oxygen atoms in total. The molecule has 2 rings (SSSR count). The Labute approximate surface area is 141 Å². The fourth-order valence-electron chi connectivity index (χ4n) is 2.34. The lowest BCUT2D eigenvalue weighted by Crippen LogP contribution is -2.34. The molecule has 0 spiro atoms. The van der Waals surface area contributed by atoms with Gasteiger partial charge < -0.3 is 15.7 Å². The van der Waals surface area contributed by atoms with Crippen molar-refractivity contribution in [1.82, 2.24) is 10.6 Å². The largest absolute Gasteiger partial charge is 0.395 e. The summed E-state index contributed by atoms with van der Waals surface area (Å²) in [5.74, 6) is -0.444. The summed E-state index contributed by atoms with van der Waals surface area (Å²) in [6.45, 7) is 2.05. The highest BCUT2D eigenvalue weighted by Gasteiger charge is 2.19. The monoisotopic (exact) mass is 326 g/mol. The van der Waals surface area contributed by atoms with Crippen molar-refractivity contribution < 1.29 is 14.7 Å². The number of rotatable bonds is 7. The van der Waals surface area contributed by atoms with Crippen molar-refractivity contribution in [1.29, 1.82) is 0 Å². The van der Waals surface area contributed by atoms with Gasteiger partial charge in [0.2, 0.25) is 5.91 Å². The Balaban J connectivity index is 2.12. The van der Waals surface area contributed by atoms with Crippen LogP contribution in [0.15, 0.2) is 54.6 Å². The molecule has 24 heavy (non-hydrogen) atoms. The summed E-state index contributed by atoms with van der Waals surface area (Å²) in [5.41, 5.74) is 2.49. The molecule has 0 aliphatic carbocycles. The zero-order valence-electron chi connectivity index (χ0n) is 13.7. The molecule has 1 atom stereocenters. The molecule has 2 aromatic rings. The fraction of sp³-hybridized carbons (Fsp3) is 0.263. The van der Waals surface area contributed by atoms with Gasteiger partial charge in [0.15, 0.2) is 0 Å². The number of aryl methyl sites for hydroxylation is 1. The van der Waals surface area contributed by atoms with Gasteiger partial charge in [-0.25, -0.2) is 0 Å². The van der Waals surface area contributed by atoms with Gasteiger partial charge in [-0.05, 0) is 24.6 Å². The summed E-state index contributed by atoms with van der Waals surface area (Å²) in [5, 5.41) is 14.3. The smallest absolute Gasteiger partial charge is 0.251 e. The number of carbonyl (C=O) groups is 2. The van der Waals surface area contributed by atoms with Crippen molar-refractivity contribution in [3.05, 3.63) is 71.3 Å². The van der Waals surface area contributed by atoms with Crippen LogP contribution in [-0.4, -0.2) is 30.1 Å². The van der Waals surface area contributed by atoms with Crippen molar-refractivity contribution >= 4 is 11.8 Å². The second kappa shape index (κ2) is 8.84. The van der Waals surface area contributed by atoms with Gasteiger partial charge in [0.25, 0.3) is 5.91 Å². The number of hydrogen-bond donors (Lipinski definition) is 3. The Bertz CT molecular complexity index is 669. The molecule has 0 fully saturated rings. The van der Waals surface area contributed by atoms with Gasteiger partial charge in [0.1, 0.15) is 0 Å². The predicted octanol–water partition coefficient (Wildman–Crippen LogP) is 1.96. The number of nitrogens with one attached hydrogen (secondary N) is 2. The van der Waals surface area contributed by atoms with Crippen molar-refractivity contribution in [2.75, 3.05) is 13.2 Å². The molecule has 0 saturated heterocycles. The Morgan fingerprint density at radius 1 is 1.04 bits per heavy atom. The summed E-state index contributed by atoms with van der Waals surface area (Å²) in [6, 6.07) is 16.2. The quantitative estimate of drug-likeness (QED) is 0.728. The molecule has 3 N–H and O–H groups in total. The van der Waals surface area contributed by atoms with Crippen LogP contribution in [0.5, 0.6) is 0 Å². The van der Waals surface area contributed by atoms with E-state index in [1.807, 2.05) is 49.4 Å². The van der Waals surface area contributed by atoms with Gasteiger partial charge in [-0.3, -0.25) is 9.59 Å². The minimum Gasteiger partial charge on any atom is -0.395 e. The molecular formula is C19H22N2O3. The third-order valence-corrected chi connectivity index (χ3v) is 3.64. The molecule has 0 saturated carbocycles. The molecule has 0 aliphatic rings. The van der Waals surface area contributed by atoms with E-state index in [-0.39, 0.29) is 31.4 Å². The Kier molecular flexibility index (Phi) is 6.51. The zero-order chi connectivity index (χ0) is 17.4. The lowest BCUT2D eigenvalue weighted by molar-refractivity contribution is -0.121. The summed E-state index contributed by atoms with van der Waals surface area (Å²) in [7, 11) is 0. The van der Waals surface area contributed by atoms with Gasteiger partial charge in [-0.1, -0.05) is 48.0 Å². The molecule has 0 bridgehead atoms.